The molecular weight excluding hydrogens is 240 g/mol. The van der Waals surface area contributed by atoms with Crippen LogP contribution < -0.4 is 10.1 Å². The van der Waals surface area contributed by atoms with Crippen molar-refractivity contribution in [3.05, 3.63) is 59.9 Å². The number of pyridine rings is 1. The molecule has 0 saturated carbocycles. The zero-order valence-electron chi connectivity index (χ0n) is 10.8. The molecule has 0 aliphatic carbocycles. The Morgan fingerprint density at radius 1 is 1.16 bits per heavy atom. The lowest BCUT2D eigenvalue weighted by Crippen LogP contribution is -2.25. The molecule has 98 valence electrons. The summed E-state index contributed by atoms with van der Waals surface area (Å²) >= 11 is 0. The maximum Gasteiger partial charge on any atom is 0.251 e. The van der Waals surface area contributed by atoms with Crippen molar-refractivity contribution < 1.29 is 9.53 Å². The molecule has 1 heterocycles. The van der Waals surface area contributed by atoms with Gasteiger partial charge >= 0.3 is 0 Å². The van der Waals surface area contributed by atoms with E-state index in [2.05, 4.69) is 10.3 Å². The number of benzene rings is 1. The summed E-state index contributed by atoms with van der Waals surface area (Å²) in [6, 6.07) is 11.2. The van der Waals surface area contributed by atoms with E-state index in [9.17, 15) is 4.79 Å². The first-order valence-corrected chi connectivity index (χ1v) is 6.11. The van der Waals surface area contributed by atoms with Gasteiger partial charge in [-0.05, 0) is 36.2 Å². The summed E-state index contributed by atoms with van der Waals surface area (Å²) < 4.78 is 5.09. The normalized spacial score (nSPS) is 9.95. The van der Waals surface area contributed by atoms with Crippen LogP contribution in [0.4, 0.5) is 0 Å². The predicted octanol–water partition coefficient (Wildman–Crippen LogP) is 2.06. The van der Waals surface area contributed by atoms with Crippen molar-refractivity contribution in [1.82, 2.24) is 10.3 Å². The van der Waals surface area contributed by atoms with E-state index < -0.39 is 0 Å². The van der Waals surface area contributed by atoms with Crippen molar-refractivity contribution in [2.24, 2.45) is 0 Å². The van der Waals surface area contributed by atoms with Crippen LogP contribution >= 0.6 is 0 Å². The number of aromatic nitrogens is 1. The van der Waals surface area contributed by atoms with Crippen LogP contribution in [0.3, 0.4) is 0 Å². The van der Waals surface area contributed by atoms with Gasteiger partial charge in [-0.15, -0.1) is 0 Å². The largest absolute Gasteiger partial charge is 0.497 e. The second-order valence-corrected chi connectivity index (χ2v) is 4.09. The summed E-state index contributed by atoms with van der Waals surface area (Å²) in [5, 5.41) is 2.88. The Morgan fingerprint density at radius 3 is 2.47 bits per heavy atom. The molecule has 0 unspecified atom stereocenters. The minimum absolute atomic E-state index is 0.0732. The molecule has 0 spiro atoms. The third-order valence-electron chi connectivity index (χ3n) is 2.80. The maximum absolute atomic E-state index is 11.8. The molecule has 0 aliphatic heterocycles. The van der Waals surface area contributed by atoms with E-state index in [1.54, 1.807) is 31.6 Å². The first-order valence-electron chi connectivity index (χ1n) is 6.11. The fourth-order valence-electron chi connectivity index (χ4n) is 1.72. The average Bonchev–Trinajstić information content (AvgIpc) is 2.49. The lowest BCUT2D eigenvalue weighted by atomic mass is 10.1. The molecule has 1 amide bonds. The zero-order chi connectivity index (χ0) is 13.5. The Balaban J connectivity index is 1.81. The van der Waals surface area contributed by atoms with E-state index in [1.165, 1.54) is 0 Å². The molecule has 0 bridgehead atoms. The Kier molecular flexibility index (Phi) is 4.50. The summed E-state index contributed by atoms with van der Waals surface area (Å²) in [6.07, 6.45) is 4.01. The van der Waals surface area contributed by atoms with Crippen molar-refractivity contribution in [3.8, 4) is 5.75 Å². The zero-order valence-corrected chi connectivity index (χ0v) is 10.8. The van der Waals surface area contributed by atoms with E-state index in [4.69, 9.17) is 4.74 Å². The van der Waals surface area contributed by atoms with E-state index in [0.29, 0.717) is 12.1 Å². The SMILES string of the molecule is COc1ccc(CCNC(=O)c2ccncc2)cc1. The standard InChI is InChI=1S/C15H16N2O2/c1-19-14-4-2-12(3-5-14)6-11-17-15(18)13-7-9-16-10-8-13/h2-5,7-10H,6,11H2,1H3,(H,17,18). The fourth-order valence-corrected chi connectivity index (χ4v) is 1.72. The molecule has 0 atom stereocenters. The highest BCUT2D eigenvalue weighted by atomic mass is 16.5. The van der Waals surface area contributed by atoms with Gasteiger partial charge in [-0.25, -0.2) is 0 Å². The number of methoxy groups -OCH3 is 1. The van der Waals surface area contributed by atoms with Crippen LogP contribution in [0.15, 0.2) is 48.8 Å². The number of hydrogen-bond acceptors (Lipinski definition) is 3. The Labute approximate surface area is 112 Å². The summed E-state index contributed by atoms with van der Waals surface area (Å²) in [5.41, 5.74) is 1.79. The summed E-state index contributed by atoms with van der Waals surface area (Å²) in [6.45, 7) is 0.605. The van der Waals surface area contributed by atoms with Gasteiger partial charge in [-0.1, -0.05) is 12.1 Å². The van der Waals surface area contributed by atoms with Gasteiger partial charge in [-0.2, -0.15) is 0 Å². The highest BCUT2D eigenvalue weighted by Gasteiger charge is 2.03. The number of rotatable bonds is 5. The number of amides is 1. The highest BCUT2D eigenvalue weighted by Crippen LogP contribution is 2.11. The fraction of sp³-hybridized carbons (Fsp3) is 0.200. The molecule has 0 saturated heterocycles. The topological polar surface area (TPSA) is 51.2 Å². The van der Waals surface area contributed by atoms with Gasteiger partial charge in [0.2, 0.25) is 0 Å². The number of ether oxygens (including phenoxy) is 1. The number of hydrogen-bond donors (Lipinski definition) is 1. The third kappa shape index (κ3) is 3.81. The second-order valence-electron chi connectivity index (χ2n) is 4.09. The van der Waals surface area contributed by atoms with Crippen LogP contribution in [0, 0.1) is 0 Å². The first kappa shape index (κ1) is 13.1. The van der Waals surface area contributed by atoms with Crippen molar-refractivity contribution in [2.75, 3.05) is 13.7 Å². The van der Waals surface area contributed by atoms with Gasteiger partial charge in [0, 0.05) is 24.5 Å². The summed E-state index contributed by atoms with van der Waals surface area (Å²) in [4.78, 5) is 15.7. The maximum atomic E-state index is 11.8. The van der Waals surface area contributed by atoms with Crippen LogP contribution in [0.5, 0.6) is 5.75 Å². The van der Waals surface area contributed by atoms with Crippen molar-refractivity contribution >= 4 is 5.91 Å². The Morgan fingerprint density at radius 2 is 1.84 bits per heavy atom. The molecular formula is C15H16N2O2. The molecule has 2 rings (SSSR count). The van der Waals surface area contributed by atoms with Crippen LogP contribution in [0.2, 0.25) is 0 Å². The van der Waals surface area contributed by atoms with Crippen LogP contribution in [0.1, 0.15) is 15.9 Å². The van der Waals surface area contributed by atoms with Crippen molar-refractivity contribution in [1.29, 1.82) is 0 Å². The third-order valence-corrected chi connectivity index (χ3v) is 2.80. The Bertz CT molecular complexity index is 524. The molecule has 2 aromatic rings. The van der Waals surface area contributed by atoms with Crippen LogP contribution in [0.25, 0.3) is 0 Å². The molecule has 4 heteroatoms. The van der Waals surface area contributed by atoms with E-state index in [-0.39, 0.29) is 5.91 Å². The van der Waals surface area contributed by atoms with Gasteiger partial charge < -0.3 is 10.1 Å². The highest BCUT2D eigenvalue weighted by molar-refractivity contribution is 5.93. The lowest BCUT2D eigenvalue weighted by Gasteiger charge is -2.06. The van der Waals surface area contributed by atoms with E-state index in [0.717, 1.165) is 17.7 Å². The molecule has 1 aromatic heterocycles. The average molecular weight is 256 g/mol. The second kappa shape index (κ2) is 6.54. The van der Waals surface area contributed by atoms with Gasteiger partial charge in [0.15, 0.2) is 0 Å². The molecule has 0 radical (unpaired) electrons. The number of nitrogens with one attached hydrogen (secondary N) is 1. The molecule has 0 fully saturated rings. The molecule has 1 aromatic carbocycles. The van der Waals surface area contributed by atoms with Crippen molar-refractivity contribution in [3.63, 3.8) is 0 Å². The van der Waals surface area contributed by atoms with Gasteiger partial charge in [-0.3, -0.25) is 9.78 Å². The van der Waals surface area contributed by atoms with Gasteiger partial charge in [0.05, 0.1) is 7.11 Å². The molecule has 4 nitrogen and oxygen atoms in total. The van der Waals surface area contributed by atoms with E-state index in [1.807, 2.05) is 24.3 Å². The number of carbonyl (C=O) groups is 1. The summed E-state index contributed by atoms with van der Waals surface area (Å²) in [5.74, 6) is 0.764. The first-order chi connectivity index (χ1) is 9.29. The molecule has 0 aliphatic rings. The van der Waals surface area contributed by atoms with Gasteiger partial charge in [0.1, 0.15) is 5.75 Å². The van der Waals surface area contributed by atoms with Crippen molar-refractivity contribution in [2.45, 2.75) is 6.42 Å². The molecule has 19 heavy (non-hydrogen) atoms. The Hall–Kier alpha value is -2.36. The number of nitrogens with zero attached hydrogens (tertiary/aromatic N) is 1. The monoisotopic (exact) mass is 256 g/mol. The predicted molar refractivity (Wildman–Crippen MR) is 73.3 cm³/mol. The van der Waals surface area contributed by atoms with Gasteiger partial charge in [0.25, 0.3) is 5.91 Å². The van der Waals surface area contributed by atoms with Crippen LogP contribution in [-0.4, -0.2) is 24.5 Å². The smallest absolute Gasteiger partial charge is 0.251 e. The minimum atomic E-state index is -0.0732. The van der Waals surface area contributed by atoms with Crippen LogP contribution in [-0.2, 0) is 6.42 Å². The minimum Gasteiger partial charge on any atom is -0.497 e. The summed E-state index contributed by atoms with van der Waals surface area (Å²) in [7, 11) is 1.64. The number of carbonyl (C=O) groups excluding carboxylic acids is 1. The van der Waals surface area contributed by atoms with E-state index >= 15 is 0 Å². The lowest BCUT2D eigenvalue weighted by molar-refractivity contribution is 0.0954. The molecule has 1 N–H and O–H groups in total. The quantitative estimate of drug-likeness (QED) is 0.891.